The number of hydrogen-bond acceptors (Lipinski definition) is 6. The van der Waals surface area contributed by atoms with Crippen LogP contribution in [0.1, 0.15) is 5.56 Å². The topological polar surface area (TPSA) is 112 Å². The van der Waals surface area contributed by atoms with Crippen molar-refractivity contribution < 1.29 is 4.92 Å². The Hall–Kier alpha value is -2.48. The number of nitrogens with two attached hydrogens (primary N) is 1. The Bertz CT molecular complexity index is 524. The Labute approximate surface area is 96.2 Å². The molecule has 88 valence electrons. The van der Waals surface area contributed by atoms with E-state index in [1.165, 1.54) is 12.4 Å². The van der Waals surface area contributed by atoms with Crippen molar-refractivity contribution in [3.63, 3.8) is 0 Å². The monoisotopic (exact) mass is 234 g/mol. The maximum absolute atomic E-state index is 10.8. The lowest BCUT2D eigenvalue weighted by atomic mass is 10.2. The minimum absolute atomic E-state index is 0.0647. The Morgan fingerprint density at radius 3 is 2.94 bits per heavy atom. The van der Waals surface area contributed by atoms with Gasteiger partial charge in [0.15, 0.2) is 0 Å². The largest absolute Gasteiger partial charge is 0.318 e. The molecule has 0 aliphatic rings. The zero-order chi connectivity index (χ0) is 12.3. The summed E-state index contributed by atoms with van der Waals surface area (Å²) < 4.78 is 1.58. The van der Waals surface area contributed by atoms with E-state index in [0.29, 0.717) is 6.54 Å². The van der Waals surface area contributed by atoms with Gasteiger partial charge in [-0.05, 0) is 11.6 Å². The summed E-state index contributed by atoms with van der Waals surface area (Å²) in [5.41, 5.74) is 3.25. The number of hydrazine groups is 1. The van der Waals surface area contributed by atoms with Crippen LogP contribution < -0.4 is 11.3 Å². The summed E-state index contributed by atoms with van der Waals surface area (Å²) in [5, 5.41) is 14.7. The predicted octanol–water partition coefficient (Wildman–Crippen LogP) is 0.520. The second kappa shape index (κ2) is 4.58. The summed E-state index contributed by atoms with van der Waals surface area (Å²) in [6.45, 7) is 0.422. The van der Waals surface area contributed by atoms with Gasteiger partial charge in [0.05, 0.1) is 11.5 Å². The highest BCUT2D eigenvalue weighted by Crippen LogP contribution is 2.24. The molecule has 0 atom stereocenters. The minimum Gasteiger partial charge on any atom is -0.318 e. The Morgan fingerprint density at radius 2 is 2.35 bits per heavy atom. The van der Waals surface area contributed by atoms with E-state index in [1.54, 1.807) is 23.1 Å². The average Bonchev–Trinajstić information content (AvgIpc) is 2.81. The highest BCUT2D eigenvalue weighted by molar-refractivity contribution is 5.61. The summed E-state index contributed by atoms with van der Waals surface area (Å²) >= 11 is 0. The molecule has 0 fully saturated rings. The number of nitro benzene ring substituents is 1. The van der Waals surface area contributed by atoms with Crippen LogP contribution in [-0.4, -0.2) is 19.7 Å². The summed E-state index contributed by atoms with van der Waals surface area (Å²) in [6.07, 6.45) is 2.95. The number of nitrogens with zero attached hydrogens (tertiary/aromatic N) is 4. The molecule has 0 bridgehead atoms. The summed E-state index contributed by atoms with van der Waals surface area (Å²) in [7, 11) is 0. The third kappa shape index (κ3) is 2.37. The van der Waals surface area contributed by atoms with Crippen molar-refractivity contribution in [2.24, 2.45) is 5.84 Å². The van der Waals surface area contributed by atoms with E-state index >= 15 is 0 Å². The van der Waals surface area contributed by atoms with Crippen LogP contribution in [0, 0.1) is 10.1 Å². The molecule has 0 spiro atoms. The van der Waals surface area contributed by atoms with Gasteiger partial charge in [-0.3, -0.25) is 16.0 Å². The Morgan fingerprint density at radius 1 is 1.53 bits per heavy atom. The van der Waals surface area contributed by atoms with Crippen LogP contribution in [-0.2, 0) is 6.54 Å². The van der Waals surface area contributed by atoms with Gasteiger partial charge in [-0.15, -0.1) is 0 Å². The second-order valence-electron chi connectivity index (χ2n) is 3.35. The quantitative estimate of drug-likeness (QED) is 0.453. The van der Waals surface area contributed by atoms with Gasteiger partial charge >= 0.3 is 0 Å². The lowest BCUT2D eigenvalue weighted by molar-refractivity contribution is -0.384. The smallest absolute Gasteiger partial charge is 0.293 e. The number of rotatable bonds is 4. The van der Waals surface area contributed by atoms with Crippen molar-refractivity contribution in [1.29, 1.82) is 0 Å². The third-order valence-corrected chi connectivity index (χ3v) is 2.23. The molecule has 0 aliphatic heterocycles. The fraction of sp³-hybridized carbons (Fsp3) is 0.111. The van der Waals surface area contributed by atoms with Crippen molar-refractivity contribution in [1.82, 2.24) is 14.8 Å². The number of nitrogens with one attached hydrogen (secondary N) is 1. The molecule has 1 aromatic heterocycles. The fourth-order valence-electron chi connectivity index (χ4n) is 1.45. The van der Waals surface area contributed by atoms with Gasteiger partial charge in [0.2, 0.25) is 0 Å². The van der Waals surface area contributed by atoms with Gasteiger partial charge < -0.3 is 5.43 Å². The van der Waals surface area contributed by atoms with Gasteiger partial charge in [0, 0.05) is 6.07 Å². The lowest BCUT2D eigenvalue weighted by Crippen LogP contribution is -2.09. The second-order valence-corrected chi connectivity index (χ2v) is 3.35. The first-order chi connectivity index (χ1) is 8.20. The predicted molar refractivity (Wildman–Crippen MR) is 60.0 cm³/mol. The Balaban J connectivity index is 2.30. The van der Waals surface area contributed by atoms with Crippen LogP contribution in [0.25, 0.3) is 0 Å². The maximum Gasteiger partial charge on any atom is 0.293 e. The van der Waals surface area contributed by atoms with Crippen molar-refractivity contribution in [2.45, 2.75) is 6.54 Å². The van der Waals surface area contributed by atoms with Crippen molar-refractivity contribution in [3.8, 4) is 0 Å². The number of aromatic nitrogens is 3. The van der Waals surface area contributed by atoms with E-state index in [4.69, 9.17) is 5.84 Å². The zero-order valence-electron chi connectivity index (χ0n) is 8.78. The van der Waals surface area contributed by atoms with Crippen LogP contribution in [0.15, 0.2) is 30.9 Å². The molecule has 17 heavy (non-hydrogen) atoms. The van der Waals surface area contributed by atoms with Gasteiger partial charge in [-0.2, -0.15) is 5.10 Å². The van der Waals surface area contributed by atoms with Crippen molar-refractivity contribution >= 4 is 11.4 Å². The fourth-order valence-corrected chi connectivity index (χ4v) is 1.45. The zero-order valence-corrected chi connectivity index (χ0v) is 8.78. The molecule has 1 aromatic carbocycles. The van der Waals surface area contributed by atoms with E-state index < -0.39 is 4.92 Å². The standard InChI is InChI=1S/C9H10N6O2/c10-13-8-2-1-7(3-9(8)15(16)17)4-14-6-11-5-12-14/h1-3,5-6,13H,4,10H2. The molecule has 0 saturated heterocycles. The van der Waals surface area contributed by atoms with Gasteiger partial charge in [-0.1, -0.05) is 6.07 Å². The number of anilines is 1. The molecule has 2 aromatic rings. The van der Waals surface area contributed by atoms with Crippen LogP contribution in [0.2, 0.25) is 0 Å². The number of hydrogen-bond donors (Lipinski definition) is 2. The SMILES string of the molecule is NNc1ccc(Cn2cncn2)cc1[N+](=O)[O-]. The van der Waals surface area contributed by atoms with E-state index in [0.717, 1.165) is 5.56 Å². The first kappa shape index (κ1) is 11.0. The third-order valence-electron chi connectivity index (χ3n) is 2.23. The van der Waals surface area contributed by atoms with Crippen LogP contribution in [0.5, 0.6) is 0 Å². The lowest BCUT2D eigenvalue weighted by Gasteiger charge is -2.05. The van der Waals surface area contributed by atoms with E-state index in [-0.39, 0.29) is 11.4 Å². The van der Waals surface area contributed by atoms with Crippen LogP contribution in [0.3, 0.4) is 0 Å². The van der Waals surface area contributed by atoms with Crippen LogP contribution >= 0.6 is 0 Å². The highest BCUT2D eigenvalue weighted by atomic mass is 16.6. The highest BCUT2D eigenvalue weighted by Gasteiger charge is 2.13. The molecule has 2 rings (SSSR count). The van der Waals surface area contributed by atoms with E-state index in [1.807, 2.05) is 0 Å². The molecule has 8 heteroatoms. The first-order valence-electron chi connectivity index (χ1n) is 4.77. The summed E-state index contributed by atoms with van der Waals surface area (Å²) in [6, 6.07) is 4.76. The van der Waals surface area contributed by atoms with Crippen LogP contribution in [0.4, 0.5) is 11.4 Å². The number of nitrogen functional groups attached to an aromatic ring is 1. The molecule has 3 N–H and O–H groups in total. The van der Waals surface area contributed by atoms with Gasteiger partial charge in [0.25, 0.3) is 5.69 Å². The molecule has 0 unspecified atom stereocenters. The van der Waals surface area contributed by atoms with E-state index in [9.17, 15) is 10.1 Å². The number of nitro groups is 1. The first-order valence-corrected chi connectivity index (χ1v) is 4.77. The summed E-state index contributed by atoms with van der Waals surface area (Å²) in [4.78, 5) is 14.1. The van der Waals surface area contributed by atoms with E-state index in [2.05, 4.69) is 15.5 Å². The molecule has 0 radical (unpaired) electrons. The molecular formula is C9H10N6O2. The minimum atomic E-state index is -0.486. The average molecular weight is 234 g/mol. The van der Waals surface area contributed by atoms with Crippen molar-refractivity contribution in [3.05, 3.63) is 46.5 Å². The Kier molecular flexibility index (Phi) is 2.97. The normalized spacial score (nSPS) is 10.2. The summed E-state index contributed by atoms with van der Waals surface area (Å²) in [5.74, 6) is 5.19. The molecule has 8 nitrogen and oxygen atoms in total. The maximum atomic E-state index is 10.8. The molecule has 0 aliphatic carbocycles. The van der Waals surface area contributed by atoms with Gasteiger partial charge in [0.1, 0.15) is 18.3 Å². The molecule has 1 heterocycles. The van der Waals surface area contributed by atoms with Crippen molar-refractivity contribution in [2.75, 3.05) is 5.43 Å². The molecule has 0 saturated carbocycles. The molecule has 0 amide bonds. The number of benzene rings is 1. The molecular weight excluding hydrogens is 224 g/mol. The van der Waals surface area contributed by atoms with Gasteiger partial charge in [-0.25, -0.2) is 9.67 Å².